The molecule has 0 aliphatic rings. The second kappa shape index (κ2) is 13.8. The van der Waals surface area contributed by atoms with Crippen molar-refractivity contribution in [3.63, 3.8) is 0 Å². The molecular formula is C24H43NO6Si2. The Bertz CT molecular complexity index is 750. The number of hydrogen-bond donors (Lipinski definition) is 0. The Balaban J connectivity index is 2.70. The second-order valence-electron chi connectivity index (χ2n) is 10.4. The summed E-state index contributed by atoms with van der Waals surface area (Å²) < 4.78 is 27.8. The highest BCUT2D eigenvalue weighted by molar-refractivity contribution is 6.77. The van der Waals surface area contributed by atoms with Gasteiger partial charge in [0.05, 0.1) is 28.9 Å². The van der Waals surface area contributed by atoms with Crippen LogP contribution >= 0.6 is 0 Å². The normalized spacial score (nSPS) is 12.3. The summed E-state index contributed by atoms with van der Waals surface area (Å²) in [5, 5.41) is 0. The highest BCUT2D eigenvalue weighted by Gasteiger charge is 2.21. The van der Waals surface area contributed by atoms with Crippen molar-refractivity contribution < 1.29 is 28.5 Å². The van der Waals surface area contributed by atoms with Crippen LogP contribution in [0.25, 0.3) is 6.08 Å². The molecule has 0 aromatic heterocycles. The summed E-state index contributed by atoms with van der Waals surface area (Å²) in [6.45, 7) is 12.7. The maximum Gasteiger partial charge on any atom is 0.330 e. The number of esters is 1. The fourth-order valence-corrected chi connectivity index (χ4v) is 6.53. The monoisotopic (exact) mass is 497 g/mol. The molecule has 0 spiro atoms. The van der Waals surface area contributed by atoms with Gasteiger partial charge in [0.1, 0.15) is 0 Å². The third-order valence-electron chi connectivity index (χ3n) is 4.95. The molecule has 0 amide bonds. The van der Waals surface area contributed by atoms with E-state index in [0.29, 0.717) is 30.5 Å². The van der Waals surface area contributed by atoms with Gasteiger partial charge in [-0.05, 0) is 56.1 Å². The molecule has 0 aliphatic heterocycles. The van der Waals surface area contributed by atoms with Crippen LogP contribution in [-0.2, 0) is 14.3 Å². The summed E-state index contributed by atoms with van der Waals surface area (Å²) >= 11 is 0. The lowest BCUT2D eigenvalue weighted by Gasteiger charge is -2.25. The van der Waals surface area contributed by atoms with Crippen LogP contribution in [0, 0.1) is 0 Å². The van der Waals surface area contributed by atoms with E-state index in [1.807, 2.05) is 0 Å². The molecule has 0 heterocycles. The second-order valence-corrected chi connectivity index (χ2v) is 21.2. The standard InChI is InChI=1S/C24H43NO6Si2/c1-25(2)18-33(8,9)15-13-30-23(26)11-10-20-16-21(27-3)24(22(17-20)28-4)31-19-29-12-14-32(5,6)7/h10-11,16-17H,12-15,18-19H2,1-9H3/b11-10+. The minimum Gasteiger partial charge on any atom is -0.493 e. The van der Waals surface area contributed by atoms with E-state index < -0.39 is 16.1 Å². The smallest absolute Gasteiger partial charge is 0.330 e. The number of ether oxygens (including phenoxy) is 5. The van der Waals surface area contributed by atoms with Gasteiger partial charge in [-0.25, -0.2) is 4.79 Å². The van der Waals surface area contributed by atoms with Gasteiger partial charge in [-0.3, -0.25) is 0 Å². The van der Waals surface area contributed by atoms with Crippen LogP contribution in [-0.4, -0.2) is 81.5 Å². The van der Waals surface area contributed by atoms with Crippen molar-refractivity contribution in [2.45, 2.75) is 44.8 Å². The molecule has 33 heavy (non-hydrogen) atoms. The van der Waals surface area contributed by atoms with Crippen molar-refractivity contribution in [3.8, 4) is 17.2 Å². The van der Waals surface area contributed by atoms with Gasteiger partial charge in [-0.15, -0.1) is 0 Å². The largest absolute Gasteiger partial charge is 0.493 e. The van der Waals surface area contributed by atoms with Gasteiger partial charge in [-0.2, -0.15) is 0 Å². The third-order valence-corrected chi connectivity index (χ3v) is 9.70. The summed E-state index contributed by atoms with van der Waals surface area (Å²) in [4.78, 5) is 14.4. The molecule has 1 aromatic carbocycles. The molecule has 0 saturated heterocycles. The first kappa shape index (κ1) is 29.2. The average Bonchev–Trinajstić information content (AvgIpc) is 2.70. The van der Waals surface area contributed by atoms with Gasteiger partial charge in [0, 0.05) is 20.8 Å². The van der Waals surface area contributed by atoms with E-state index >= 15 is 0 Å². The third kappa shape index (κ3) is 12.3. The lowest BCUT2D eigenvalue weighted by Crippen LogP contribution is -2.40. The van der Waals surface area contributed by atoms with Crippen LogP contribution in [0.2, 0.25) is 44.8 Å². The van der Waals surface area contributed by atoms with Crippen LogP contribution in [0.1, 0.15) is 5.56 Å². The van der Waals surface area contributed by atoms with E-state index in [0.717, 1.165) is 23.8 Å². The van der Waals surface area contributed by atoms with Crippen molar-refractivity contribution in [3.05, 3.63) is 23.8 Å². The minimum absolute atomic E-state index is 0.117. The fraction of sp³-hybridized carbons (Fsp3) is 0.625. The predicted molar refractivity (Wildman–Crippen MR) is 140 cm³/mol. The van der Waals surface area contributed by atoms with Gasteiger partial charge in [0.25, 0.3) is 0 Å². The Morgan fingerprint density at radius 3 is 2.09 bits per heavy atom. The minimum atomic E-state index is -1.41. The summed E-state index contributed by atoms with van der Waals surface area (Å²) in [5.74, 6) is 1.12. The molecule has 1 rings (SSSR count). The molecule has 0 aliphatic carbocycles. The molecule has 0 bridgehead atoms. The molecule has 7 nitrogen and oxygen atoms in total. The first-order valence-electron chi connectivity index (χ1n) is 11.3. The molecule has 0 N–H and O–H groups in total. The van der Waals surface area contributed by atoms with E-state index in [9.17, 15) is 4.79 Å². The van der Waals surface area contributed by atoms with E-state index in [-0.39, 0.29) is 12.8 Å². The van der Waals surface area contributed by atoms with Gasteiger partial charge in [0.2, 0.25) is 5.75 Å². The number of nitrogens with zero attached hydrogens (tertiary/aromatic N) is 1. The van der Waals surface area contributed by atoms with Crippen LogP contribution in [0.4, 0.5) is 0 Å². The molecule has 0 radical (unpaired) electrons. The van der Waals surface area contributed by atoms with Gasteiger partial charge >= 0.3 is 5.97 Å². The lowest BCUT2D eigenvalue weighted by molar-refractivity contribution is -0.137. The van der Waals surface area contributed by atoms with Crippen molar-refractivity contribution >= 4 is 28.2 Å². The molecule has 0 fully saturated rings. The fourth-order valence-electron chi connectivity index (χ4n) is 3.25. The molecule has 0 saturated carbocycles. The Hall–Kier alpha value is -1.82. The number of hydrogen-bond acceptors (Lipinski definition) is 7. The van der Waals surface area contributed by atoms with Crippen LogP contribution in [0.5, 0.6) is 17.2 Å². The van der Waals surface area contributed by atoms with Crippen molar-refractivity contribution in [1.82, 2.24) is 4.90 Å². The zero-order chi connectivity index (χ0) is 25.1. The number of benzene rings is 1. The van der Waals surface area contributed by atoms with Gasteiger partial charge < -0.3 is 28.6 Å². The number of carbonyl (C=O) groups is 1. The molecular weight excluding hydrogens is 454 g/mol. The van der Waals surface area contributed by atoms with E-state index in [2.05, 4.69) is 51.7 Å². The van der Waals surface area contributed by atoms with E-state index in [1.54, 1.807) is 32.4 Å². The van der Waals surface area contributed by atoms with E-state index in [1.165, 1.54) is 6.08 Å². The SMILES string of the molecule is COc1cc(/C=C/C(=O)OCC[Si](C)(C)CN(C)C)cc(OC)c1OCOCC[Si](C)(C)C. The van der Waals surface area contributed by atoms with Gasteiger partial charge in [0.15, 0.2) is 18.3 Å². The van der Waals surface area contributed by atoms with Crippen LogP contribution in [0.15, 0.2) is 18.2 Å². The highest BCUT2D eigenvalue weighted by Crippen LogP contribution is 2.39. The summed E-state index contributed by atoms with van der Waals surface area (Å²) in [5.41, 5.74) is 0.745. The lowest BCUT2D eigenvalue weighted by atomic mass is 10.1. The average molecular weight is 498 g/mol. The first-order valence-corrected chi connectivity index (χ1v) is 18.4. The number of rotatable bonds is 15. The number of methoxy groups -OCH3 is 2. The topological polar surface area (TPSA) is 66.5 Å². The van der Waals surface area contributed by atoms with Crippen molar-refractivity contribution in [2.24, 2.45) is 0 Å². The maximum absolute atomic E-state index is 12.2. The zero-order valence-electron chi connectivity index (χ0n) is 21.9. The van der Waals surface area contributed by atoms with Crippen molar-refractivity contribution in [2.75, 3.05) is 54.5 Å². The Labute approximate surface area is 202 Å². The zero-order valence-corrected chi connectivity index (χ0v) is 23.9. The molecule has 0 atom stereocenters. The molecule has 0 unspecified atom stereocenters. The van der Waals surface area contributed by atoms with Crippen LogP contribution in [0.3, 0.4) is 0 Å². The maximum atomic E-state index is 12.2. The summed E-state index contributed by atoms with van der Waals surface area (Å²) in [6, 6.07) is 5.58. The summed E-state index contributed by atoms with van der Waals surface area (Å²) in [6.07, 6.45) is 4.18. The van der Waals surface area contributed by atoms with Crippen LogP contribution < -0.4 is 14.2 Å². The Morgan fingerprint density at radius 1 is 0.970 bits per heavy atom. The predicted octanol–water partition coefficient (Wildman–Crippen LogP) is 4.76. The number of carbonyl (C=O) groups excluding carboxylic acids is 1. The molecule has 9 heteroatoms. The Kier molecular flexibility index (Phi) is 12.2. The van der Waals surface area contributed by atoms with E-state index in [4.69, 9.17) is 23.7 Å². The van der Waals surface area contributed by atoms with Gasteiger partial charge in [-0.1, -0.05) is 32.7 Å². The first-order chi connectivity index (χ1) is 15.4. The molecule has 1 aromatic rings. The molecule has 188 valence electrons. The quantitative estimate of drug-likeness (QED) is 0.114. The summed E-state index contributed by atoms with van der Waals surface area (Å²) in [7, 11) is 4.72. The highest BCUT2D eigenvalue weighted by atomic mass is 28.3. The Morgan fingerprint density at radius 2 is 1.58 bits per heavy atom. The van der Waals surface area contributed by atoms with Crippen molar-refractivity contribution in [1.29, 1.82) is 0 Å².